The van der Waals surface area contributed by atoms with Gasteiger partial charge >= 0.3 is 107 Å². The molecule has 0 amide bonds. The van der Waals surface area contributed by atoms with Crippen molar-refractivity contribution in [2.75, 3.05) is 19.8 Å². The zero-order chi connectivity index (χ0) is 19.7. The van der Waals surface area contributed by atoms with Gasteiger partial charge in [0.05, 0.1) is 0 Å². The standard InChI is InChI=1S/3C4H9.3C2H5O.2Al/c3*1-4(2)3;3*1-2-3;;/h3*4H,1H2,2-3H3;3*2H2,1H3;;/q;;;3*-1;+1;+2. The van der Waals surface area contributed by atoms with Gasteiger partial charge in [-0.2, -0.15) is 0 Å². The molecule has 0 aliphatic rings. The Morgan fingerprint density at radius 2 is 0.826 bits per heavy atom. The number of rotatable bonds is 5. The van der Waals surface area contributed by atoms with Gasteiger partial charge in [-0.15, -0.1) is 19.8 Å². The summed E-state index contributed by atoms with van der Waals surface area (Å²) in [5, 5.41) is 31.0. The third-order valence-electron chi connectivity index (χ3n) is 1.75. The van der Waals surface area contributed by atoms with Gasteiger partial charge in [0.15, 0.2) is 0 Å². The fourth-order valence-corrected chi connectivity index (χ4v) is 2.29. The molecule has 0 aliphatic carbocycles. The van der Waals surface area contributed by atoms with E-state index in [-0.39, 0.29) is 19.8 Å². The van der Waals surface area contributed by atoms with Crippen molar-refractivity contribution in [2.24, 2.45) is 17.8 Å². The van der Waals surface area contributed by atoms with Gasteiger partial charge in [-0.25, -0.2) is 0 Å². The molecule has 0 bridgehead atoms. The summed E-state index contributed by atoms with van der Waals surface area (Å²) in [7, 11) is 0. The molecule has 0 aromatic carbocycles. The molecule has 0 atom stereocenters. The SMILES string of the molecule is CC(C)[CH2][Al+2].CC(C)[CH2][Al+][CH2]C(C)C.CC[O-].CC[O-].CC[O-]. The summed E-state index contributed by atoms with van der Waals surface area (Å²) >= 11 is 3.45. The minimum absolute atomic E-state index is 0. The first-order valence-electron chi connectivity index (χ1n) is 8.90. The van der Waals surface area contributed by atoms with Crippen LogP contribution in [0.4, 0.5) is 0 Å². The fourth-order valence-electron chi connectivity index (χ4n) is 0.763. The summed E-state index contributed by atoms with van der Waals surface area (Å²) in [5.41, 5.74) is 0. The van der Waals surface area contributed by atoms with Gasteiger partial charge in [0, 0.05) is 0 Å². The van der Waals surface area contributed by atoms with E-state index in [2.05, 4.69) is 57.8 Å². The molecule has 0 aliphatic heterocycles. The summed E-state index contributed by atoms with van der Waals surface area (Å²) in [6.07, 6.45) is 0. The van der Waals surface area contributed by atoms with E-state index in [1.807, 2.05) is 0 Å². The van der Waals surface area contributed by atoms with Crippen LogP contribution in [0.5, 0.6) is 0 Å². The van der Waals surface area contributed by atoms with Gasteiger partial charge in [-0.3, -0.25) is 0 Å². The Morgan fingerprint density at radius 1 is 0.652 bits per heavy atom. The van der Waals surface area contributed by atoms with Crippen LogP contribution in [0.3, 0.4) is 0 Å². The molecule has 0 aromatic heterocycles. The molecule has 0 fully saturated rings. The summed E-state index contributed by atoms with van der Waals surface area (Å²) in [5.74, 6) is 2.71. The molecule has 3 nitrogen and oxygen atoms in total. The second-order valence-corrected chi connectivity index (χ2v) is 8.03. The van der Waals surface area contributed by atoms with E-state index in [1.165, 1.54) is 15.8 Å². The molecule has 0 radical (unpaired) electrons. The zero-order valence-electron chi connectivity index (χ0n) is 17.4. The van der Waals surface area contributed by atoms with E-state index in [9.17, 15) is 0 Å². The van der Waals surface area contributed by atoms with Crippen molar-refractivity contribution in [2.45, 2.75) is 78.2 Å². The van der Waals surface area contributed by atoms with Crippen LogP contribution in [0.15, 0.2) is 0 Å². The Bertz CT molecular complexity index is 131. The zero-order valence-corrected chi connectivity index (χ0v) is 19.7. The van der Waals surface area contributed by atoms with Crippen LogP contribution >= 0.6 is 0 Å². The van der Waals surface area contributed by atoms with Gasteiger partial charge in [0.25, 0.3) is 0 Å². The average Bonchev–Trinajstić information content (AvgIpc) is 2.41. The smallest absolute Gasteiger partial charge is 0.0809 e. The normalized spacial score (nSPS) is 8.57. The van der Waals surface area contributed by atoms with E-state index in [0.717, 1.165) is 33.0 Å². The molecule has 23 heavy (non-hydrogen) atoms. The fraction of sp³-hybridized carbons (Fsp3) is 1.00. The van der Waals surface area contributed by atoms with Crippen LogP contribution in [0.25, 0.3) is 0 Å². The van der Waals surface area contributed by atoms with Gasteiger partial charge in [-0.05, 0) is 0 Å². The Labute approximate surface area is 162 Å². The molecule has 0 N–H and O–H groups in total. The molecular weight excluding hydrogens is 318 g/mol. The second kappa shape index (κ2) is 38.5. The predicted molar refractivity (Wildman–Crippen MR) is 102 cm³/mol. The minimum Gasteiger partial charge on any atom is -0.855 e. The van der Waals surface area contributed by atoms with Crippen LogP contribution < -0.4 is 15.3 Å². The van der Waals surface area contributed by atoms with Crippen LogP contribution in [-0.4, -0.2) is 51.3 Å². The monoisotopic (exact) mass is 360 g/mol. The topological polar surface area (TPSA) is 69.2 Å². The third kappa shape index (κ3) is 126. The summed E-state index contributed by atoms with van der Waals surface area (Å²) in [4.78, 5) is 0. The first-order chi connectivity index (χ1) is 10.6. The van der Waals surface area contributed by atoms with Crippen LogP contribution in [0.2, 0.25) is 15.8 Å². The number of hydrogen-bond donors (Lipinski definition) is 0. The molecule has 5 heteroatoms. The molecule has 0 heterocycles. The van der Waals surface area contributed by atoms with Crippen LogP contribution in [0, 0.1) is 17.8 Å². The van der Waals surface area contributed by atoms with Crippen molar-refractivity contribution in [3.8, 4) is 0 Å². The largest absolute Gasteiger partial charge is 0.855 e. The summed E-state index contributed by atoms with van der Waals surface area (Å²) in [6, 6.07) is 0. The summed E-state index contributed by atoms with van der Waals surface area (Å²) < 4.78 is 0. The quantitative estimate of drug-likeness (QED) is 0.706. The van der Waals surface area contributed by atoms with Crippen molar-refractivity contribution >= 4 is 31.5 Å². The van der Waals surface area contributed by atoms with Crippen molar-refractivity contribution in [1.29, 1.82) is 0 Å². The Morgan fingerprint density at radius 3 is 0.913 bits per heavy atom. The Balaban J connectivity index is -0.0000000656. The van der Waals surface area contributed by atoms with E-state index in [1.54, 1.807) is 20.8 Å². The Hall–Kier alpha value is 0.945. The molecule has 138 valence electrons. The minimum atomic E-state index is 0. The van der Waals surface area contributed by atoms with Gasteiger partial charge in [-0.1, -0.05) is 20.8 Å². The van der Waals surface area contributed by atoms with E-state index >= 15 is 0 Å². The van der Waals surface area contributed by atoms with Gasteiger partial charge in [0.2, 0.25) is 0 Å². The second-order valence-electron chi connectivity index (χ2n) is 6.04. The molecule has 0 aromatic rings. The van der Waals surface area contributed by atoms with E-state index in [4.69, 9.17) is 15.3 Å². The maximum atomic E-state index is 8.93. The first-order valence-corrected chi connectivity index (χ1v) is 11.4. The number of hydrogen-bond acceptors (Lipinski definition) is 3. The molecule has 0 saturated carbocycles. The summed E-state index contributed by atoms with van der Waals surface area (Å²) in [6.45, 7) is 18.4. The molecule has 0 saturated heterocycles. The van der Waals surface area contributed by atoms with Crippen molar-refractivity contribution in [3.63, 3.8) is 0 Å². The van der Waals surface area contributed by atoms with Gasteiger partial charge in [0.1, 0.15) is 0 Å². The first kappa shape index (κ1) is 35.1. The maximum Gasteiger partial charge on any atom is -0.0809 e. The van der Waals surface area contributed by atoms with Crippen LogP contribution in [0.1, 0.15) is 62.3 Å². The Kier molecular flexibility index (Phi) is 58.8. The molecule has 0 rings (SSSR count). The predicted octanol–water partition coefficient (Wildman–Crippen LogP) is 2.17. The van der Waals surface area contributed by atoms with E-state index in [0.29, 0.717) is 0 Å². The van der Waals surface area contributed by atoms with E-state index < -0.39 is 0 Å². The third-order valence-corrected chi connectivity index (χ3v) is 5.24. The average molecular weight is 360 g/mol. The maximum absolute atomic E-state index is 8.93. The molecule has 0 unspecified atom stereocenters. The van der Waals surface area contributed by atoms with Crippen molar-refractivity contribution in [3.05, 3.63) is 0 Å². The van der Waals surface area contributed by atoms with Crippen molar-refractivity contribution in [1.82, 2.24) is 0 Å². The van der Waals surface area contributed by atoms with Crippen LogP contribution in [-0.2, 0) is 0 Å². The van der Waals surface area contributed by atoms with Gasteiger partial charge < -0.3 is 15.3 Å². The molecule has 0 spiro atoms. The molecular formula is C18H42Al2O3. The van der Waals surface area contributed by atoms with Crippen molar-refractivity contribution < 1.29 is 15.3 Å².